The second-order valence-corrected chi connectivity index (χ2v) is 16.4. The molecule has 1 fully saturated rings. The summed E-state index contributed by atoms with van der Waals surface area (Å²) >= 11 is 1.06. The van der Waals surface area contributed by atoms with Gasteiger partial charge in [0.05, 0.1) is 18.4 Å². The first-order chi connectivity index (χ1) is 23.7. The Hall–Kier alpha value is -4.76. The Labute approximate surface area is 295 Å². The maximum atomic E-state index is 14.5. The average Bonchev–Trinajstić information content (AvgIpc) is 3.75. The molecule has 2 aromatic heterocycles. The predicted octanol–water partition coefficient (Wildman–Crippen LogP) is 5.16. The molecule has 1 spiro atoms. The molecule has 15 heteroatoms. The number of carbonyl (C=O) groups excluding carboxylic acids is 3. The number of aromatic nitrogens is 2. The fourth-order valence-corrected chi connectivity index (χ4v) is 8.69. The lowest BCUT2D eigenvalue weighted by Crippen LogP contribution is -2.41. The van der Waals surface area contributed by atoms with Gasteiger partial charge in [-0.25, -0.2) is 27.5 Å². The van der Waals surface area contributed by atoms with E-state index >= 15 is 0 Å². The lowest BCUT2D eigenvalue weighted by Gasteiger charge is -2.27. The highest BCUT2D eigenvalue weighted by atomic mass is 32.2. The molecule has 1 saturated heterocycles. The van der Waals surface area contributed by atoms with Crippen LogP contribution in [0.4, 0.5) is 15.6 Å². The Morgan fingerprint density at radius 2 is 1.80 bits per heavy atom. The number of hydrogen-bond acceptors (Lipinski definition) is 11. The monoisotopic (exact) mass is 720 g/mol. The molecule has 2 aromatic carbocycles. The number of amides is 3. The van der Waals surface area contributed by atoms with Crippen LogP contribution in [0.5, 0.6) is 5.88 Å². The Balaban J connectivity index is 1.35. The van der Waals surface area contributed by atoms with Crippen LogP contribution >= 0.6 is 11.3 Å². The van der Waals surface area contributed by atoms with Crippen molar-refractivity contribution in [1.29, 1.82) is 0 Å². The topological polar surface area (TPSA) is 151 Å². The standard InChI is InChI=1S/C35H40N6O7S2/c1-23(42)39-18-16-35(21-39)22-40(20-24-9-7-6-8-10-24)28-13-11-25(19-26(28)35)50(45,46)41(17-15-30(43)48-34(2,3)4)33(44)38-32-36-27-12-14-29(47-5)37-31(27)49-32/h6-14,19H,15-18,20-22H2,1-5H3,(H,36,38,44). The van der Waals surface area contributed by atoms with Crippen LogP contribution in [-0.4, -0.2) is 84.4 Å². The van der Waals surface area contributed by atoms with Gasteiger partial charge in [0.15, 0.2) is 5.13 Å². The van der Waals surface area contributed by atoms with E-state index in [2.05, 4.69) is 20.2 Å². The number of likely N-dealkylation sites (tertiary alicyclic amines) is 1. The van der Waals surface area contributed by atoms with Crippen molar-refractivity contribution in [2.75, 3.05) is 43.5 Å². The number of anilines is 2. The van der Waals surface area contributed by atoms with Gasteiger partial charge in [-0.1, -0.05) is 41.7 Å². The number of esters is 1. The van der Waals surface area contributed by atoms with Crippen molar-refractivity contribution in [2.24, 2.45) is 0 Å². The van der Waals surface area contributed by atoms with Crippen LogP contribution in [0.1, 0.15) is 51.7 Å². The summed E-state index contributed by atoms with van der Waals surface area (Å²) in [7, 11) is -3.03. The third-order valence-corrected chi connectivity index (χ3v) is 11.5. The van der Waals surface area contributed by atoms with Crippen LogP contribution in [0, 0.1) is 0 Å². The van der Waals surface area contributed by atoms with Crippen molar-refractivity contribution in [1.82, 2.24) is 19.2 Å². The fraction of sp³-hybridized carbons (Fsp3) is 0.400. The maximum absolute atomic E-state index is 14.5. The summed E-state index contributed by atoms with van der Waals surface area (Å²) in [4.78, 5) is 52.1. The molecule has 1 N–H and O–H groups in total. The smallest absolute Gasteiger partial charge is 0.337 e. The number of ether oxygens (including phenoxy) is 2. The Morgan fingerprint density at radius 3 is 2.48 bits per heavy atom. The number of rotatable bonds is 9. The van der Waals surface area contributed by atoms with Gasteiger partial charge in [-0.2, -0.15) is 0 Å². The van der Waals surface area contributed by atoms with Gasteiger partial charge in [0.1, 0.15) is 15.9 Å². The molecule has 0 saturated carbocycles. The molecule has 1 unspecified atom stereocenters. The number of methoxy groups -OCH3 is 1. The number of nitrogens with zero attached hydrogens (tertiary/aromatic N) is 5. The minimum atomic E-state index is -4.52. The highest BCUT2D eigenvalue weighted by molar-refractivity contribution is 7.89. The van der Waals surface area contributed by atoms with E-state index in [0.29, 0.717) is 53.1 Å². The van der Waals surface area contributed by atoms with Gasteiger partial charge in [0.25, 0.3) is 10.0 Å². The van der Waals surface area contributed by atoms with E-state index in [1.165, 1.54) is 20.1 Å². The van der Waals surface area contributed by atoms with Crippen LogP contribution in [0.25, 0.3) is 10.3 Å². The van der Waals surface area contributed by atoms with E-state index in [0.717, 1.165) is 28.2 Å². The first-order valence-electron chi connectivity index (χ1n) is 16.2. The number of hydrogen-bond donors (Lipinski definition) is 1. The molecular formula is C35H40N6O7S2. The number of urea groups is 1. The highest BCUT2D eigenvalue weighted by Crippen LogP contribution is 2.48. The van der Waals surface area contributed by atoms with Crippen molar-refractivity contribution in [3.05, 3.63) is 71.8 Å². The molecular weight excluding hydrogens is 681 g/mol. The number of thiazole rings is 1. The minimum Gasteiger partial charge on any atom is -0.481 e. The van der Waals surface area contributed by atoms with E-state index in [1.54, 1.807) is 49.9 Å². The first kappa shape index (κ1) is 35.1. The number of pyridine rings is 1. The number of nitrogens with one attached hydrogen (secondary N) is 1. The summed E-state index contributed by atoms with van der Waals surface area (Å²) < 4.78 is 40.2. The van der Waals surface area contributed by atoms with Crippen molar-refractivity contribution in [3.63, 3.8) is 0 Å². The lowest BCUT2D eigenvalue weighted by molar-refractivity contribution is -0.154. The van der Waals surface area contributed by atoms with Gasteiger partial charge < -0.3 is 19.3 Å². The lowest BCUT2D eigenvalue weighted by atomic mass is 9.81. The minimum absolute atomic E-state index is 0.0396. The summed E-state index contributed by atoms with van der Waals surface area (Å²) in [5.74, 6) is -0.324. The highest BCUT2D eigenvalue weighted by Gasteiger charge is 2.48. The molecule has 4 aromatic rings. The summed E-state index contributed by atoms with van der Waals surface area (Å²) in [5, 5.41) is 2.73. The Bertz CT molecular complexity index is 2050. The van der Waals surface area contributed by atoms with Crippen LogP contribution < -0.4 is 15.0 Å². The number of fused-ring (bicyclic) bond motifs is 3. The third-order valence-electron chi connectivity index (χ3n) is 8.80. The van der Waals surface area contributed by atoms with Crippen molar-refractivity contribution >= 4 is 60.4 Å². The van der Waals surface area contributed by atoms with Crippen molar-refractivity contribution < 1.29 is 32.3 Å². The molecule has 0 bridgehead atoms. The second-order valence-electron chi connectivity index (χ2n) is 13.5. The second kappa shape index (κ2) is 13.5. The molecule has 50 heavy (non-hydrogen) atoms. The summed E-state index contributed by atoms with van der Waals surface area (Å²) in [6, 6.07) is 17.2. The van der Waals surface area contributed by atoms with E-state index in [4.69, 9.17) is 9.47 Å². The molecule has 1 atom stereocenters. The van der Waals surface area contributed by atoms with E-state index in [9.17, 15) is 22.8 Å². The van der Waals surface area contributed by atoms with Gasteiger partial charge in [-0.15, -0.1) is 0 Å². The van der Waals surface area contributed by atoms with Gasteiger partial charge in [0, 0.05) is 56.8 Å². The molecule has 2 aliphatic rings. The summed E-state index contributed by atoms with van der Waals surface area (Å²) in [6.07, 6.45) is 0.295. The van der Waals surface area contributed by atoms with E-state index in [1.807, 2.05) is 30.3 Å². The van der Waals surface area contributed by atoms with Crippen LogP contribution in [-0.2, 0) is 36.3 Å². The quantitative estimate of drug-likeness (QED) is 0.230. The zero-order chi connectivity index (χ0) is 35.8. The Kier molecular flexibility index (Phi) is 9.48. The zero-order valence-electron chi connectivity index (χ0n) is 28.6. The molecule has 13 nitrogen and oxygen atoms in total. The number of carbonyl (C=O) groups is 3. The Morgan fingerprint density at radius 1 is 1.04 bits per heavy atom. The summed E-state index contributed by atoms with van der Waals surface area (Å²) in [6.45, 7) is 8.40. The number of sulfonamides is 1. The first-order valence-corrected chi connectivity index (χ1v) is 18.5. The van der Waals surface area contributed by atoms with Gasteiger partial charge >= 0.3 is 12.0 Å². The average molecular weight is 721 g/mol. The third kappa shape index (κ3) is 7.24. The number of benzene rings is 2. The van der Waals surface area contributed by atoms with Crippen molar-refractivity contribution in [2.45, 2.75) is 63.0 Å². The molecule has 2 aliphatic heterocycles. The van der Waals surface area contributed by atoms with E-state index in [-0.39, 0.29) is 22.4 Å². The molecule has 0 aliphatic carbocycles. The van der Waals surface area contributed by atoms with Gasteiger partial charge in [-0.05, 0) is 62.6 Å². The normalized spacial score (nSPS) is 17.2. The zero-order valence-corrected chi connectivity index (χ0v) is 30.3. The SMILES string of the molecule is COc1ccc2nc(NC(=O)N(CCC(=O)OC(C)(C)C)S(=O)(=O)c3ccc4c(c3)C3(CCN(C(C)=O)C3)CN4Cc3ccccc3)sc2n1. The fourth-order valence-electron chi connectivity index (χ4n) is 6.51. The molecule has 6 rings (SSSR count). The van der Waals surface area contributed by atoms with Crippen LogP contribution in [0.2, 0.25) is 0 Å². The van der Waals surface area contributed by atoms with Gasteiger partial charge in [0.2, 0.25) is 11.8 Å². The largest absolute Gasteiger partial charge is 0.481 e. The maximum Gasteiger partial charge on any atom is 0.337 e. The van der Waals surface area contributed by atoms with Gasteiger partial charge in [-0.3, -0.25) is 14.9 Å². The molecule has 264 valence electrons. The van der Waals surface area contributed by atoms with E-state index < -0.39 is 39.6 Å². The van der Waals surface area contributed by atoms with Crippen LogP contribution in [0.3, 0.4) is 0 Å². The van der Waals surface area contributed by atoms with Crippen molar-refractivity contribution in [3.8, 4) is 5.88 Å². The molecule has 0 radical (unpaired) electrons. The van der Waals surface area contributed by atoms with Crippen LogP contribution in [0.15, 0.2) is 65.6 Å². The summed E-state index contributed by atoms with van der Waals surface area (Å²) in [5.41, 5.74) is 1.97. The molecule has 4 heterocycles. The predicted molar refractivity (Wildman–Crippen MR) is 190 cm³/mol. The molecule has 3 amide bonds.